The molecule has 2 heteroatoms. The SMILES string of the molecule is Cc1ccc(CC(=O)c2cc3ccccc3o2)cc1C. The van der Waals surface area contributed by atoms with E-state index < -0.39 is 0 Å². The van der Waals surface area contributed by atoms with Crippen LogP contribution in [-0.2, 0) is 6.42 Å². The van der Waals surface area contributed by atoms with Crippen LogP contribution in [0.4, 0.5) is 0 Å². The van der Waals surface area contributed by atoms with Crippen LogP contribution in [0.3, 0.4) is 0 Å². The van der Waals surface area contributed by atoms with E-state index in [0.717, 1.165) is 16.5 Å². The average molecular weight is 264 g/mol. The van der Waals surface area contributed by atoms with Crippen molar-refractivity contribution in [1.29, 1.82) is 0 Å². The van der Waals surface area contributed by atoms with Crippen LogP contribution in [0.1, 0.15) is 27.2 Å². The van der Waals surface area contributed by atoms with Gasteiger partial charge >= 0.3 is 0 Å². The van der Waals surface area contributed by atoms with Crippen molar-refractivity contribution in [3.05, 3.63) is 71.0 Å². The fraction of sp³-hybridized carbons (Fsp3) is 0.167. The Balaban J connectivity index is 1.86. The number of carbonyl (C=O) groups excluding carboxylic acids is 1. The van der Waals surface area contributed by atoms with Gasteiger partial charge in [-0.15, -0.1) is 0 Å². The Morgan fingerprint density at radius 2 is 1.80 bits per heavy atom. The van der Waals surface area contributed by atoms with Crippen LogP contribution in [-0.4, -0.2) is 5.78 Å². The lowest BCUT2D eigenvalue weighted by molar-refractivity contribution is 0.0968. The van der Waals surface area contributed by atoms with Gasteiger partial charge in [0.1, 0.15) is 5.58 Å². The average Bonchev–Trinajstić information content (AvgIpc) is 2.87. The predicted octanol–water partition coefficient (Wildman–Crippen LogP) is 4.48. The van der Waals surface area contributed by atoms with Crippen molar-refractivity contribution in [3.63, 3.8) is 0 Å². The molecule has 0 bridgehead atoms. The fourth-order valence-corrected chi connectivity index (χ4v) is 2.31. The van der Waals surface area contributed by atoms with E-state index in [1.54, 1.807) is 0 Å². The highest BCUT2D eigenvalue weighted by Crippen LogP contribution is 2.20. The molecule has 1 aromatic heterocycles. The minimum Gasteiger partial charge on any atom is -0.453 e. The van der Waals surface area contributed by atoms with Crippen molar-refractivity contribution in [1.82, 2.24) is 0 Å². The highest BCUT2D eigenvalue weighted by Gasteiger charge is 2.13. The Hall–Kier alpha value is -2.35. The lowest BCUT2D eigenvalue weighted by atomic mass is 10.0. The van der Waals surface area contributed by atoms with Gasteiger partial charge in [-0.25, -0.2) is 0 Å². The predicted molar refractivity (Wildman–Crippen MR) is 80.2 cm³/mol. The van der Waals surface area contributed by atoms with Crippen molar-refractivity contribution >= 4 is 16.8 Å². The molecule has 0 saturated carbocycles. The summed E-state index contributed by atoms with van der Waals surface area (Å²) >= 11 is 0. The molecule has 0 aliphatic rings. The van der Waals surface area contributed by atoms with E-state index in [1.807, 2.05) is 36.4 Å². The fourth-order valence-electron chi connectivity index (χ4n) is 2.31. The van der Waals surface area contributed by atoms with Gasteiger partial charge < -0.3 is 4.42 Å². The maximum absolute atomic E-state index is 12.3. The van der Waals surface area contributed by atoms with Crippen LogP contribution >= 0.6 is 0 Å². The molecule has 0 spiro atoms. The number of ketones is 1. The van der Waals surface area contributed by atoms with E-state index >= 15 is 0 Å². The van der Waals surface area contributed by atoms with Crippen molar-refractivity contribution < 1.29 is 9.21 Å². The van der Waals surface area contributed by atoms with Gasteiger partial charge in [0.15, 0.2) is 5.76 Å². The lowest BCUT2D eigenvalue weighted by Crippen LogP contribution is -2.02. The second-order valence-corrected chi connectivity index (χ2v) is 5.17. The quantitative estimate of drug-likeness (QED) is 0.653. The van der Waals surface area contributed by atoms with Crippen LogP contribution in [0.25, 0.3) is 11.0 Å². The molecule has 0 aliphatic heterocycles. The second-order valence-electron chi connectivity index (χ2n) is 5.17. The molecular formula is C18H16O2. The summed E-state index contributed by atoms with van der Waals surface area (Å²) in [5.41, 5.74) is 4.24. The standard InChI is InChI=1S/C18H16O2/c1-12-7-8-14(9-13(12)2)10-16(19)18-11-15-5-3-4-6-17(15)20-18/h3-9,11H,10H2,1-2H3. The number of fused-ring (bicyclic) bond motifs is 1. The topological polar surface area (TPSA) is 30.2 Å². The molecule has 0 saturated heterocycles. The molecule has 2 aromatic carbocycles. The number of Topliss-reactive ketones (excluding diaryl/α,β-unsaturated/α-hetero) is 1. The summed E-state index contributed by atoms with van der Waals surface area (Å²) in [5.74, 6) is 0.453. The Kier molecular flexibility index (Phi) is 3.15. The van der Waals surface area contributed by atoms with Crippen LogP contribution in [0.2, 0.25) is 0 Å². The van der Waals surface area contributed by atoms with E-state index in [2.05, 4.69) is 26.0 Å². The van der Waals surface area contributed by atoms with Gasteiger partial charge in [-0.2, -0.15) is 0 Å². The third-order valence-corrected chi connectivity index (χ3v) is 3.64. The van der Waals surface area contributed by atoms with Gasteiger partial charge in [0.05, 0.1) is 0 Å². The lowest BCUT2D eigenvalue weighted by Gasteiger charge is -2.03. The molecule has 0 amide bonds. The van der Waals surface area contributed by atoms with Crippen molar-refractivity contribution in [2.24, 2.45) is 0 Å². The molecular weight excluding hydrogens is 248 g/mol. The van der Waals surface area contributed by atoms with E-state index in [9.17, 15) is 4.79 Å². The Morgan fingerprint density at radius 3 is 2.55 bits per heavy atom. The normalized spacial score (nSPS) is 10.9. The Labute approximate surface area is 118 Å². The summed E-state index contributed by atoms with van der Waals surface area (Å²) in [6.07, 6.45) is 0.376. The molecule has 100 valence electrons. The maximum atomic E-state index is 12.3. The molecule has 2 nitrogen and oxygen atoms in total. The summed E-state index contributed by atoms with van der Waals surface area (Å²) in [6.45, 7) is 4.13. The number of furan rings is 1. The molecule has 3 aromatic rings. The molecule has 20 heavy (non-hydrogen) atoms. The molecule has 0 unspecified atom stereocenters. The monoisotopic (exact) mass is 264 g/mol. The molecule has 0 atom stereocenters. The first-order valence-corrected chi connectivity index (χ1v) is 6.71. The Morgan fingerprint density at radius 1 is 1.00 bits per heavy atom. The van der Waals surface area contributed by atoms with Crippen molar-refractivity contribution in [2.45, 2.75) is 20.3 Å². The van der Waals surface area contributed by atoms with Crippen molar-refractivity contribution in [3.8, 4) is 0 Å². The number of rotatable bonds is 3. The first kappa shape index (κ1) is 12.7. The zero-order chi connectivity index (χ0) is 14.1. The van der Waals surface area contributed by atoms with E-state index in [1.165, 1.54) is 11.1 Å². The number of hydrogen-bond donors (Lipinski definition) is 0. The third-order valence-electron chi connectivity index (χ3n) is 3.64. The van der Waals surface area contributed by atoms with Gasteiger partial charge in [0.25, 0.3) is 0 Å². The van der Waals surface area contributed by atoms with E-state index in [4.69, 9.17) is 4.42 Å². The molecule has 0 fully saturated rings. The highest BCUT2D eigenvalue weighted by atomic mass is 16.3. The minimum atomic E-state index is 0.0180. The smallest absolute Gasteiger partial charge is 0.202 e. The first-order chi connectivity index (χ1) is 9.63. The number of aryl methyl sites for hydroxylation is 2. The van der Waals surface area contributed by atoms with E-state index in [-0.39, 0.29) is 5.78 Å². The van der Waals surface area contributed by atoms with Gasteiger partial charge in [-0.1, -0.05) is 36.4 Å². The van der Waals surface area contributed by atoms with Gasteiger partial charge in [-0.05, 0) is 42.7 Å². The number of para-hydroxylation sites is 1. The highest BCUT2D eigenvalue weighted by molar-refractivity contribution is 5.98. The van der Waals surface area contributed by atoms with Crippen LogP contribution in [0.15, 0.2) is 52.9 Å². The zero-order valence-corrected chi connectivity index (χ0v) is 11.6. The molecule has 1 heterocycles. The van der Waals surface area contributed by atoms with Crippen LogP contribution < -0.4 is 0 Å². The minimum absolute atomic E-state index is 0.0180. The number of carbonyl (C=O) groups is 1. The third kappa shape index (κ3) is 2.37. The summed E-state index contributed by atoms with van der Waals surface area (Å²) in [6, 6.07) is 15.6. The summed E-state index contributed by atoms with van der Waals surface area (Å²) in [7, 11) is 0. The van der Waals surface area contributed by atoms with Gasteiger partial charge in [-0.3, -0.25) is 4.79 Å². The maximum Gasteiger partial charge on any atom is 0.202 e. The second kappa shape index (κ2) is 4.97. The van der Waals surface area contributed by atoms with Crippen molar-refractivity contribution in [2.75, 3.05) is 0 Å². The number of benzene rings is 2. The molecule has 0 N–H and O–H groups in total. The zero-order valence-electron chi connectivity index (χ0n) is 11.6. The molecule has 0 aliphatic carbocycles. The summed E-state index contributed by atoms with van der Waals surface area (Å²) in [5, 5.41) is 0.968. The molecule has 3 rings (SSSR count). The van der Waals surface area contributed by atoms with Crippen LogP contribution in [0.5, 0.6) is 0 Å². The molecule has 0 radical (unpaired) electrons. The van der Waals surface area contributed by atoms with Gasteiger partial charge in [0, 0.05) is 11.8 Å². The number of hydrogen-bond acceptors (Lipinski definition) is 2. The first-order valence-electron chi connectivity index (χ1n) is 6.71. The largest absolute Gasteiger partial charge is 0.453 e. The van der Waals surface area contributed by atoms with Crippen LogP contribution in [0, 0.1) is 13.8 Å². The summed E-state index contributed by atoms with van der Waals surface area (Å²) < 4.78 is 5.61. The van der Waals surface area contributed by atoms with Gasteiger partial charge in [0.2, 0.25) is 5.78 Å². The summed E-state index contributed by atoms with van der Waals surface area (Å²) in [4.78, 5) is 12.3. The Bertz CT molecular complexity index is 748. The van der Waals surface area contributed by atoms with E-state index in [0.29, 0.717) is 12.2 Å².